The van der Waals surface area contributed by atoms with Gasteiger partial charge in [0.1, 0.15) is 5.75 Å². The van der Waals surface area contributed by atoms with Gasteiger partial charge in [-0.2, -0.15) is 0 Å². The molecular formula is C15H22BrNO. The molecule has 1 saturated heterocycles. The highest BCUT2D eigenvalue weighted by molar-refractivity contribution is 9.10. The van der Waals surface area contributed by atoms with E-state index in [1.807, 2.05) is 12.1 Å². The molecule has 1 aromatic carbocycles. The number of phenols is 1. The van der Waals surface area contributed by atoms with Gasteiger partial charge in [-0.1, -0.05) is 36.7 Å². The lowest BCUT2D eigenvalue weighted by molar-refractivity contribution is 0.383. The van der Waals surface area contributed by atoms with Crippen molar-refractivity contribution in [1.82, 2.24) is 5.32 Å². The first-order chi connectivity index (χ1) is 8.24. The Morgan fingerprint density at radius 2 is 2.00 bits per heavy atom. The number of benzene rings is 1. The van der Waals surface area contributed by atoms with Crippen LogP contribution in [0.3, 0.4) is 0 Å². The maximum Gasteiger partial charge on any atom is 0.124 e. The first-order valence-electron chi connectivity index (χ1n) is 6.52. The highest BCUT2D eigenvalue weighted by atomic mass is 79.9. The van der Waals surface area contributed by atoms with E-state index >= 15 is 0 Å². The zero-order valence-electron chi connectivity index (χ0n) is 11.6. The van der Waals surface area contributed by atoms with E-state index < -0.39 is 0 Å². The number of halogens is 1. The summed E-state index contributed by atoms with van der Waals surface area (Å²) in [6.07, 6.45) is 2.23. The van der Waals surface area contributed by atoms with Crippen LogP contribution in [0.25, 0.3) is 0 Å². The Hall–Kier alpha value is -0.540. The number of hydrogen-bond donors (Lipinski definition) is 2. The van der Waals surface area contributed by atoms with Gasteiger partial charge in [0.25, 0.3) is 0 Å². The molecule has 0 aliphatic carbocycles. The molecular weight excluding hydrogens is 290 g/mol. The first kappa shape index (κ1) is 13.9. The predicted molar refractivity (Wildman–Crippen MR) is 79.1 cm³/mol. The Morgan fingerprint density at radius 3 is 2.50 bits per heavy atom. The zero-order valence-corrected chi connectivity index (χ0v) is 13.2. The smallest absolute Gasteiger partial charge is 0.124 e. The molecule has 1 aromatic rings. The molecule has 2 nitrogen and oxygen atoms in total. The van der Waals surface area contributed by atoms with E-state index in [-0.39, 0.29) is 11.0 Å². The Kier molecular flexibility index (Phi) is 3.50. The summed E-state index contributed by atoms with van der Waals surface area (Å²) in [5, 5.41) is 14.1. The molecule has 0 aromatic heterocycles. The number of aromatic hydroxyl groups is 1. The van der Waals surface area contributed by atoms with Gasteiger partial charge in [0.2, 0.25) is 0 Å². The van der Waals surface area contributed by atoms with E-state index in [1.165, 1.54) is 0 Å². The maximum atomic E-state index is 10.6. The predicted octanol–water partition coefficient (Wildman–Crippen LogP) is 4.05. The summed E-state index contributed by atoms with van der Waals surface area (Å²) in [7, 11) is 0. The zero-order chi connectivity index (χ0) is 13.6. The number of nitrogens with one attached hydrogen (secondary N) is 1. The van der Waals surface area contributed by atoms with Crippen LogP contribution in [0.2, 0.25) is 0 Å². The number of phenolic OH excluding ortho intramolecular Hbond substituents is 1. The van der Waals surface area contributed by atoms with Crippen molar-refractivity contribution in [2.75, 3.05) is 6.54 Å². The molecule has 1 aliphatic heterocycles. The second-order valence-electron chi connectivity index (χ2n) is 6.46. The lowest BCUT2D eigenvalue weighted by atomic mass is 9.81. The largest absolute Gasteiger partial charge is 0.507 e. The van der Waals surface area contributed by atoms with Gasteiger partial charge in [0, 0.05) is 21.1 Å². The van der Waals surface area contributed by atoms with E-state index in [4.69, 9.17) is 0 Å². The molecule has 2 N–H and O–H groups in total. The highest BCUT2D eigenvalue weighted by Gasteiger charge is 2.34. The second-order valence-corrected chi connectivity index (χ2v) is 7.38. The van der Waals surface area contributed by atoms with Crippen LogP contribution in [-0.2, 0) is 11.0 Å². The van der Waals surface area contributed by atoms with Crippen LogP contribution in [-0.4, -0.2) is 11.7 Å². The summed E-state index contributed by atoms with van der Waals surface area (Å²) >= 11 is 3.57. The standard InChI is InChI=1S/C15H22BrNO/c1-14(2,3)11-8-10(16)9-12(13(11)18)15(4)6-5-7-17-15/h8-9,17-18H,5-7H2,1-4H3. The molecule has 0 saturated carbocycles. The van der Waals surface area contributed by atoms with E-state index in [0.29, 0.717) is 5.75 Å². The van der Waals surface area contributed by atoms with Crippen LogP contribution in [0.4, 0.5) is 0 Å². The molecule has 100 valence electrons. The quantitative estimate of drug-likeness (QED) is 0.820. The van der Waals surface area contributed by atoms with Crippen LogP contribution in [0.5, 0.6) is 5.75 Å². The molecule has 0 spiro atoms. The van der Waals surface area contributed by atoms with Crippen LogP contribution in [0.15, 0.2) is 16.6 Å². The minimum atomic E-state index is -0.103. The van der Waals surface area contributed by atoms with Crippen molar-refractivity contribution in [2.45, 2.75) is 51.5 Å². The molecule has 1 heterocycles. The second kappa shape index (κ2) is 4.53. The van der Waals surface area contributed by atoms with E-state index in [2.05, 4.69) is 48.9 Å². The van der Waals surface area contributed by atoms with E-state index in [0.717, 1.165) is 35.0 Å². The van der Waals surface area contributed by atoms with Gasteiger partial charge in [-0.25, -0.2) is 0 Å². The summed E-state index contributed by atoms with van der Waals surface area (Å²) in [5.41, 5.74) is 1.85. The van der Waals surface area contributed by atoms with Crippen molar-refractivity contribution in [3.63, 3.8) is 0 Å². The molecule has 0 radical (unpaired) electrons. The fraction of sp³-hybridized carbons (Fsp3) is 0.600. The highest BCUT2D eigenvalue weighted by Crippen LogP contribution is 2.42. The molecule has 3 heteroatoms. The van der Waals surface area contributed by atoms with Crippen molar-refractivity contribution >= 4 is 15.9 Å². The minimum absolute atomic E-state index is 0.0580. The summed E-state index contributed by atoms with van der Waals surface area (Å²) < 4.78 is 1.04. The summed E-state index contributed by atoms with van der Waals surface area (Å²) in [6.45, 7) is 9.58. The fourth-order valence-corrected chi connectivity index (χ4v) is 3.17. The third-order valence-electron chi connectivity index (χ3n) is 3.85. The van der Waals surface area contributed by atoms with Gasteiger partial charge in [0.15, 0.2) is 0 Å². The van der Waals surface area contributed by atoms with Crippen LogP contribution < -0.4 is 5.32 Å². The van der Waals surface area contributed by atoms with Crippen LogP contribution >= 0.6 is 15.9 Å². The van der Waals surface area contributed by atoms with Crippen molar-refractivity contribution < 1.29 is 5.11 Å². The van der Waals surface area contributed by atoms with Gasteiger partial charge >= 0.3 is 0 Å². The molecule has 0 bridgehead atoms. The molecule has 2 rings (SSSR count). The molecule has 1 aliphatic rings. The van der Waals surface area contributed by atoms with Gasteiger partial charge in [-0.3, -0.25) is 0 Å². The third-order valence-corrected chi connectivity index (χ3v) is 4.30. The van der Waals surface area contributed by atoms with Crippen molar-refractivity contribution in [2.24, 2.45) is 0 Å². The van der Waals surface area contributed by atoms with Crippen molar-refractivity contribution in [3.05, 3.63) is 27.7 Å². The minimum Gasteiger partial charge on any atom is -0.507 e. The van der Waals surface area contributed by atoms with E-state index in [9.17, 15) is 5.11 Å². The van der Waals surface area contributed by atoms with Gasteiger partial charge in [0.05, 0.1) is 0 Å². The maximum absolute atomic E-state index is 10.6. The molecule has 1 atom stereocenters. The topological polar surface area (TPSA) is 32.3 Å². The Balaban J connectivity index is 2.58. The average Bonchev–Trinajstić information content (AvgIpc) is 2.67. The van der Waals surface area contributed by atoms with Crippen molar-refractivity contribution in [1.29, 1.82) is 0 Å². The van der Waals surface area contributed by atoms with Crippen LogP contribution in [0, 0.1) is 0 Å². The Bertz CT molecular complexity index is 456. The Morgan fingerprint density at radius 1 is 1.33 bits per heavy atom. The monoisotopic (exact) mass is 311 g/mol. The van der Waals surface area contributed by atoms with Gasteiger partial charge in [-0.05, 0) is 43.9 Å². The van der Waals surface area contributed by atoms with E-state index in [1.54, 1.807) is 0 Å². The third kappa shape index (κ3) is 2.43. The number of rotatable bonds is 1. The normalized spacial score (nSPS) is 24.5. The van der Waals surface area contributed by atoms with Gasteiger partial charge < -0.3 is 10.4 Å². The first-order valence-corrected chi connectivity index (χ1v) is 7.32. The summed E-state index contributed by atoms with van der Waals surface area (Å²) in [6, 6.07) is 4.07. The Labute approximate surface area is 118 Å². The van der Waals surface area contributed by atoms with Crippen LogP contribution in [0.1, 0.15) is 51.7 Å². The molecule has 1 unspecified atom stereocenters. The summed E-state index contributed by atoms with van der Waals surface area (Å²) in [5.74, 6) is 0.447. The summed E-state index contributed by atoms with van der Waals surface area (Å²) in [4.78, 5) is 0. The lowest BCUT2D eigenvalue weighted by Crippen LogP contribution is -2.33. The number of hydrogen-bond acceptors (Lipinski definition) is 2. The molecule has 1 fully saturated rings. The molecule has 18 heavy (non-hydrogen) atoms. The fourth-order valence-electron chi connectivity index (χ4n) is 2.72. The SMILES string of the molecule is CC(C)(C)c1cc(Br)cc(C2(C)CCCN2)c1O. The van der Waals surface area contributed by atoms with Crippen molar-refractivity contribution in [3.8, 4) is 5.75 Å². The van der Waals surface area contributed by atoms with Gasteiger partial charge in [-0.15, -0.1) is 0 Å². The lowest BCUT2D eigenvalue weighted by Gasteiger charge is -2.30. The molecule has 0 amide bonds. The average molecular weight is 312 g/mol.